The molecular formula is C16H37NO4Si2. The Balaban J connectivity index is 4.10. The van der Waals surface area contributed by atoms with Crippen molar-refractivity contribution < 1.29 is 18.1 Å². The molecule has 0 atom stereocenters. The molecule has 0 spiro atoms. The largest absolute Gasteiger partial charge is 0.519 e. The van der Waals surface area contributed by atoms with Crippen LogP contribution in [-0.2, 0) is 18.1 Å². The normalized spacial score (nSPS) is 12.7. The topological polar surface area (TPSA) is 48.0 Å². The van der Waals surface area contributed by atoms with Gasteiger partial charge in [0.15, 0.2) is 0 Å². The quantitative estimate of drug-likeness (QED) is 0.468. The van der Waals surface area contributed by atoms with Gasteiger partial charge in [0.2, 0.25) is 0 Å². The molecule has 0 aliphatic heterocycles. The van der Waals surface area contributed by atoms with E-state index in [1.165, 1.54) is 0 Å². The fourth-order valence-corrected chi connectivity index (χ4v) is 6.50. The number of rotatable bonds is 13. The van der Waals surface area contributed by atoms with E-state index < -0.39 is 16.9 Å². The van der Waals surface area contributed by atoms with Crippen molar-refractivity contribution >= 4 is 22.8 Å². The van der Waals surface area contributed by atoms with Crippen LogP contribution in [0.3, 0.4) is 0 Å². The molecule has 0 aromatic carbocycles. The van der Waals surface area contributed by atoms with E-state index in [9.17, 15) is 4.79 Å². The fraction of sp³-hybridized carbons (Fsp3) is 0.938. The molecule has 0 heterocycles. The summed E-state index contributed by atoms with van der Waals surface area (Å²) >= 11 is 0. The van der Waals surface area contributed by atoms with Gasteiger partial charge in [-0.3, -0.25) is 4.79 Å². The third kappa shape index (κ3) is 8.44. The fourth-order valence-electron chi connectivity index (χ4n) is 2.61. The number of carbonyl (C=O) groups is 1. The molecule has 0 radical (unpaired) electrons. The highest BCUT2D eigenvalue weighted by molar-refractivity contribution is 6.74. The van der Waals surface area contributed by atoms with Crippen LogP contribution in [0.4, 0.5) is 0 Å². The minimum absolute atomic E-state index is 0.0259. The highest BCUT2D eigenvalue weighted by atomic mass is 28.4. The van der Waals surface area contributed by atoms with Crippen LogP contribution in [-0.4, -0.2) is 62.1 Å². The van der Waals surface area contributed by atoms with Crippen molar-refractivity contribution in [1.82, 2.24) is 4.90 Å². The van der Waals surface area contributed by atoms with Gasteiger partial charge in [0.25, 0.3) is 14.3 Å². The van der Waals surface area contributed by atoms with Crippen molar-refractivity contribution in [2.24, 2.45) is 0 Å². The summed E-state index contributed by atoms with van der Waals surface area (Å²) in [4.78, 5) is 14.3. The monoisotopic (exact) mass is 363 g/mol. The zero-order chi connectivity index (χ0) is 17.9. The first-order valence-electron chi connectivity index (χ1n) is 8.81. The maximum atomic E-state index is 12.1. The second-order valence-corrected chi connectivity index (χ2v) is 14.7. The predicted molar refractivity (Wildman–Crippen MR) is 100 cm³/mol. The van der Waals surface area contributed by atoms with E-state index in [2.05, 4.69) is 39.3 Å². The van der Waals surface area contributed by atoms with Gasteiger partial charge >= 0.3 is 8.56 Å². The van der Waals surface area contributed by atoms with E-state index in [4.69, 9.17) is 13.3 Å². The average molecular weight is 364 g/mol. The van der Waals surface area contributed by atoms with Crippen molar-refractivity contribution in [2.75, 3.05) is 34.4 Å². The molecule has 0 aliphatic carbocycles. The van der Waals surface area contributed by atoms with Crippen molar-refractivity contribution in [3.05, 3.63) is 0 Å². The number of hydrogen-bond acceptors (Lipinski definition) is 5. The zero-order valence-corrected chi connectivity index (χ0v) is 18.2. The van der Waals surface area contributed by atoms with Crippen LogP contribution >= 0.6 is 0 Å². The summed E-state index contributed by atoms with van der Waals surface area (Å²) in [5.41, 5.74) is 0. The lowest BCUT2D eigenvalue weighted by molar-refractivity contribution is -0.135. The second-order valence-electron chi connectivity index (χ2n) is 6.42. The van der Waals surface area contributed by atoms with Gasteiger partial charge < -0.3 is 18.2 Å². The Morgan fingerprint density at radius 3 is 1.96 bits per heavy atom. The predicted octanol–water partition coefficient (Wildman–Crippen LogP) is 3.61. The molecule has 23 heavy (non-hydrogen) atoms. The lowest BCUT2D eigenvalue weighted by Gasteiger charge is -2.28. The molecule has 5 nitrogen and oxygen atoms in total. The minimum atomic E-state index is -1.97. The van der Waals surface area contributed by atoms with Gasteiger partial charge in [-0.15, -0.1) is 0 Å². The molecular weight excluding hydrogens is 326 g/mol. The number of nitrogens with zero attached hydrogens (tertiary/aromatic N) is 1. The maximum absolute atomic E-state index is 12.1. The van der Waals surface area contributed by atoms with Crippen LogP contribution in [0, 0.1) is 0 Å². The SMILES string of the molecule is CC[Si](CC)(CC)OC(=O)CCN(C)CCC[Si](C)(OC)OC. The Morgan fingerprint density at radius 2 is 1.52 bits per heavy atom. The Morgan fingerprint density at radius 1 is 1.00 bits per heavy atom. The molecule has 7 heteroatoms. The molecule has 0 aromatic rings. The van der Waals surface area contributed by atoms with E-state index in [0.29, 0.717) is 6.42 Å². The summed E-state index contributed by atoms with van der Waals surface area (Å²) < 4.78 is 16.8. The number of carbonyl (C=O) groups excluding carboxylic acids is 1. The first kappa shape index (κ1) is 22.8. The molecule has 0 N–H and O–H groups in total. The van der Waals surface area contributed by atoms with Crippen LogP contribution in [0.25, 0.3) is 0 Å². The molecule has 0 rings (SSSR count). The number of hydrogen-bond donors (Lipinski definition) is 0. The third-order valence-electron chi connectivity index (χ3n) is 5.00. The smallest absolute Gasteiger partial charge is 0.334 e. The molecule has 0 aromatic heterocycles. The summed E-state index contributed by atoms with van der Waals surface area (Å²) in [7, 11) is 1.72. The van der Waals surface area contributed by atoms with E-state index in [-0.39, 0.29) is 5.97 Å². The first-order valence-corrected chi connectivity index (χ1v) is 13.9. The van der Waals surface area contributed by atoms with Gasteiger partial charge in [-0.05, 0) is 50.7 Å². The maximum Gasteiger partial charge on any atom is 0.334 e. The summed E-state index contributed by atoms with van der Waals surface area (Å²) in [5.74, 6) is -0.0259. The average Bonchev–Trinajstić information content (AvgIpc) is 2.57. The molecule has 138 valence electrons. The Hall–Kier alpha value is -0.216. The zero-order valence-electron chi connectivity index (χ0n) is 16.2. The van der Waals surface area contributed by atoms with Gasteiger partial charge in [0.05, 0.1) is 6.42 Å². The molecule has 0 bridgehead atoms. The Labute approximate surface area is 145 Å². The van der Waals surface area contributed by atoms with E-state index in [0.717, 1.165) is 43.7 Å². The van der Waals surface area contributed by atoms with E-state index in [1.807, 2.05) is 0 Å². The summed E-state index contributed by atoms with van der Waals surface area (Å²) in [6, 6.07) is 4.00. The molecule has 0 amide bonds. The van der Waals surface area contributed by atoms with Crippen molar-refractivity contribution in [3.8, 4) is 0 Å². The third-order valence-corrected chi connectivity index (χ3v) is 12.5. The molecule has 0 unspecified atom stereocenters. The second kappa shape index (κ2) is 11.4. The summed E-state index contributed by atoms with van der Waals surface area (Å²) in [6.07, 6.45) is 1.50. The van der Waals surface area contributed by atoms with Gasteiger partial charge in [-0.2, -0.15) is 0 Å². The minimum Gasteiger partial charge on any atom is -0.519 e. The highest BCUT2D eigenvalue weighted by Crippen LogP contribution is 2.22. The highest BCUT2D eigenvalue weighted by Gasteiger charge is 2.32. The van der Waals surface area contributed by atoms with E-state index in [1.54, 1.807) is 14.2 Å². The van der Waals surface area contributed by atoms with Crippen molar-refractivity contribution in [3.63, 3.8) is 0 Å². The van der Waals surface area contributed by atoms with Crippen LogP contribution in [0.2, 0.25) is 30.7 Å². The van der Waals surface area contributed by atoms with Gasteiger partial charge in [0.1, 0.15) is 0 Å². The first-order chi connectivity index (χ1) is 10.8. The standard InChI is InChI=1S/C16H37NO4Si2/c1-8-23(9-2,10-3)21-16(18)12-14-17(4)13-11-15-22(7,19-5)20-6/h8-15H2,1-7H3. The Bertz CT molecular complexity index is 326. The lowest BCUT2D eigenvalue weighted by atomic mass is 10.3. The van der Waals surface area contributed by atoms with Gasteiger partial charge in [-0.25, -0.2) is 0 Å². The van der Waals surface area contributed by atoms with E-state index >= 15 is 0 Å². The Kier molecular flexibility index (Phi) is 11.3. The van der Waals surface area contributed by atoms with Crippen LogP contribution in [0.5, 0.6) is 0 Å². The van der Waals surface area contributed by atoms with Crippen LogP contribution in [0.1, 0.15) is 33.6 Å². The van der Waals surface area contributed by atoms with Gasteiger partial charge in [-0.1, -0.05) is 20.8 Å². The van der Waals surface area contributed by atoms with Crippen molar-refractivity contribution in [2.45, 2.75) is 64.3 Å². The molecule has 0 saturated heterocycles. The summed E-state index contributed by atoms with van der Waals surface area (Å²) in [6.45, 7) is 10.2. The molecule has 0 saturated carbocycles. The van der Waals surface area contributed by atoms with Crippen molar-refractivity contribution in [1.29, 1.82) is 0 Å². The van der Waals surface area contributed by atoms with Crippen LogP contribution in [0.15, 0.2) is 0 Å². The van der Waals surface area contributed by atoms with Gasteiger partial charge in [0, 0.05) is 20.8 Å². The molecule has 0 aliphatic rings. The summed E-state index contributed by atoms with van der Waals surface area (Å²) in [5, 5.41) is 0. The lowest BCUT2D eigenvalue weighted by Crippen LogP contribution is -2.39. The molecule has 0 fully saturated rings. The van der Waals surface area contributed by atoms with Crippen LogP contribution < -0.4 is 0 Å².